The minimum absolute atomic E-state index is 0.000949. The highest BCUT2D eigenvalue weighted by atomic mass is 16.3. The fraction of sp³-hybridized carbons (Fsp3) is 0.476. The Bertz CT molecular complexity index is 1080. The molecule has 0 saturated heterocycles. The van der Waals surface area contributed by atoms with E-state index in [1.54, 1.807) is 0 Å². The molecular weight excluding hydrogens is 408 g/mol. The first-order chi connectivity index (χ1) is 14.5. The number of nitrogens with two attached hydrogens (primary N) is 1. The first-order valence-electron chi connectivity index (χ1n) is 9.88. The normalized spacial score (nSPS) is 33.2. The lowest BCUT2D eigenvalue weighted by molar-refractivity contribution is -0.175. The molecule has 31 heavy (non-hydrogen) atoms. The number of amides is 1. The van der Waals surface area contributed by atoms with E-state index in [-0.39, 0.29) is 24.2 Å². The molecule has 0 radical (unpaired) electrons. The number of hydrogen-bond donors (Lipinski definition) is 3. The van der Waals surface area contributed by atoms with E-state index < -0.39 is 70.8 Å². The molecule has 2 saturated carbocycles. The van der Waals surface area contributed by atoms with Crippen LogP contribution in [-0.2, 0) is 25.6 Å². The Morgan fingerprint density at radius 3 is 2.48 bits per heavy atom. The standard InChI is InChI=1S/C21H20N2O8/c1-7(23-31)10-2-3-12(24)15-11(10)5-8-4-9-6-13(25)16(20(22)29)19(28)21(9,30)18(27)14(8)17(15)26/h2-3,7-9,14,16,24,30H,4-6H2,1H3,(H2,22,29)/t7?,8-,9+,14?,16?,21+/m1/s1. The molecule has 1 amide bonds. The lowest BCUT2D eigenvalue weighted by Crippen LogP contribution is -2.68. The molecule has 0 heterocycles. The van der Waals surface area contributed by atoms with E-state index in [9.17, 15) is 39.1 Å². The Morgan fingerprint density at radius 1 is 1.19 bits per heavy atom. The van der Waals surface area contributed by atoms with Crippen LogP contribution in [-0.4, -0.2) is 44.9 Å². The number of aromatic hydroxyl groups is 1. The van der Waals surface area contributed by atoms with Crippen LogP contribution in [0, 0.1) is 28.6 Å². The minimum Gasteiger partial charge on any atom is -0.507 e. The summed E-state index contributed by atoms with van der Waals surface area (Å²) in [5, 5.41) is 24.4. The van der Waals surface area contributed by atoms with Crippen molar-refractivity contribution in [1.82, 2.24) is 0 Å². The Kier molecular flexibility index (Phi) is 4.65. The number of ketones is 4. The smallest absolute Gasteiger partial charge is 0.235 e. The van der Waals surface area contributed by atoms with Gasteiger partial charge >= 0.3 is 0 Å². The first kappa shape index (κ1) is 21.0. The number of rotatable bonds is 3. The van der Waals surface area contributed by atoms with Crippen molar-refractivity contribution in [1.29, 1.82) is 0 Å². The van der Waals surface area contributed by atoms with Crippen molar-refractivity contribution < 1.29 is 34.2 Å². The average Bonchev–Trinajstić information content (AvgIpc) is 2.70. The van der Waals surface area contributed by atoms with E-state index in [1.165, 1.54) is 19.1 Å². The molecule has 3 aliphatic rings. The number of fused-ring (bicyclic) bond motifs is 3. The summed E-state index contributed by atoms with van der Waals surface area (Å²) in [6, 6.07) is 1.91. The fourth-order valence-corrected chi connectivity index (χ4v) is 5.44. The summed E-state index contributed by atoms with van der Waals surface area (Å²) in [6.07, 6.45) is -0.278. The molecule has 10 heteroatoms. The summed E-state index contributed by atoms with van der Waals surface area (Å²) in [5.41, 5.74) is 3.15. The molecule has 0 aliphatic heterocycles. The van der Waals surface area contributed by atoms with Gasteiger partial charge in [0.05, 0.1) is 11.5 Å². The summed E-state index contributed by atoms with van der Waals surface area (Å²) in [5.74, 6) is -10.7. The fourth-order valence-electron chi connectivity index (χ4n) is 5.44. The molecule has 6 atom stereocenters. The van der Waals surface area contributed by atoms with Crippen LogP contribution >= 0.6 is 0 Å². The highest BCUT2D eigenvalue weighted by Crippen LogP contribution is 2.50. The lowest BCUT2D eigenvalue weighted by atomic mass is 9.53. The van der Waals surface area contributed by atoms with E-state index >= 15 is 0 Å². The van der Waals surface area contributed by atoms with Gasteiger partial charge in [0.25, 0.3) is 0 Å². The van der Waals surface area contributed by atoms with Crippen LogP contribution in [0.1, 0.15) is 47.3 Å². The van der Waals surface area contributed by atoms with E-state index in [0.29, 0.717) is 11.1 Å². The Hall–Kier alpha value is -3.27. The zero-order valence-corrected chi connectivity index (χ0v) is 16.5. The number of carbonyl (C=O) groups is 5. The van der Waals surface area contributed by atoms with E-state index in [4.69, 9.17) is 5.73 Å². The van der Waals surface area contributed by atoms with Crippen LogP contribution < -0.4 is 5.73 Å². The SMILES string of the molecule is CC(N=O)c1ccc(O)c2c1C[C@H]1C[C@H]3CC(=O)C(C(N)=O)C(=O)[C@@]3(O)C(=O)C1C2=O. The third-order valence-corrected chi connectivity index (χ3v) is 6.93. The molecule has 3 unspecified atom stereocenters. The number of phenols is 1. The summed E-state index contributed by atoms with van der Waals surface area (Å²) >= 11 is 0. The molecular formula is C21H20N2O8. The summed E-state index contributed by atoms with van der Waals surface area (Å²) in [6.45, 7) is 1.53. The molecule has 0 aromatic heterocycles. The maximum absolute atomic E-state index is 13.3. The molecule has 1 aromatic rings. The van der Waals surface area contributed by atoms with Crippen molar-refractivity contribution in [2.75, 3.05) is 0 Å². The number of nitrogens with zero attached hydrogens (tertiary/aromatic N) is 1. The number of Topliss-reactive ketones (excluding diaryl/α,β-unsaturated/α-hetero) is 4. The Labute approximate surface area is 175 Å². The molecule has 2 fully saturated rings. The number of phenolic OH excluding ortho intramolecular Hbond substituents is 1. The van der Waals surface area contributed by atoms with Gasteiger partial charge in [-0.15, -0.1) is 0 Å². The number of hydrogen-bond acceptors (Lipinski definition) is 9. The molecule has 1 aromatic carbocycles. The quantitative estimate of drug-likeness (QED) is 0.449. The van der Waals surface area contributed by atoms with Crippen molar-refractivity contribution in [2.45, 2.75) is 37.8 Å². The Balaban J connectivity index is 1.83. The van der Waals surface area contributed by atoms with Crippen LogP contribution in [0.2, 0.25) is 0 Å². The summed E-state index contributed by atoms with van der Waals surface area (Å²) < 4.78 is 0. The number of nitroso groups, excluding NO2 is 1. The monoisotopic (exact) mass is 428 g/mol. The van der Waals surface area contributed by atoms with Gasteiger partial charge in [0.2, 0.25) is 5.91 Å². The van der Waals surface area contributed by atoms with Crippen LogP contribution in [0.5, 0.6) is 5.75 Å². The molecule has 162 valence electrons. The van der Waals surface area contributed by atoms with E-state index in [2.05, 4.69) is 5.18 Å². The van der Waals surface area contributed by atoms with Gasteiger partial charge in [-0.3, -0.25) is 24.0 Å². The third kappa shape index (κ3) is 2.71. The molecule has 3 aliphatic carbocycles. The van der Waals surface area contributed by atoms with Gasteiger partial charge in [-0.1, -0.05) is 11.2 Å². The predicted molar refractivity (Wildman–Crippen MR) is 103 cm³/mol. The zero-order chi connectivity index (χ0) is 22.8. The van der Waals surface area contributed by atoms with Crippen molar-refractivity contribution in [3.8, 4) is 5.75 Å². The zero-order valence-electron chi connectivity index (χ0n) is 16.5. The molecule has 4 rings (SSSR count). The van der Waals surface area contributed by atoms with Crippen LogP contribution in [0.15, 0.2) is 17.3 Å². The van der Waals surface area contributed by atoms with Gasteiger partial charge < -0.3 is 15.9 Å². The molecule has 4 N–H and O–H groups in total. The second kappa shape index (κ2) is 6.88. The molecule has 0 spiro atoms. The average molecular weight is 428 g/mol. The van der Waals surface area contributed by atoms with Gasteiger partial charge in [-0.05, 0) is 42.9 Å². The van der Waals surface area contributed by atoms with Gasteiger partial charge in [0.1, 0.15) is 11.8 Å². The lowest BCUT2D eigenvalue weighted by Gasteiger charge is -2.48. The summed E-state index contributed by atoms with van der Waals surface area (Å²) in [7, 11) is 0. The van der Waals surface area contributed by atoms with Gasteiger partial charge in [0, 0.05) is 12.3 Å². The van der Waals surface area contributed by atoms with Gasteiger partial charge in [-0.2, -0.15) is 4.91 Å². The maximum Gasteiger partial charge on any atom is 0.235 e. The van der Waals surface area contributed by atoms with Gasteiger partial charge in [0.15, 0.2) is 34.7 Å². The number of benzene rings is 1. The van der Waals surface area contributed by atoms with Crippen molar-refractivity contribution in [2.24, 2.45) is 34.6 Å². The number of primary amides is 1. The Morgan fingerprint density at radius 2 is 1.87 bits per heavy atom. The predicted octanol–water partition coefficient (Wildman–Crippen LogP) is 0.154. The largest absolute Gasteiger partial charge is 0.507 e. The third-order valence-electron chi connectivity index (χ3n) is 6.93. The second-order valence-electron chi connectivity index (χ2n) is 8.55. The van der Waals surface area contributed by atoms with Crippen molar-refractivity contribution in [3.63, 3.8) is 0 Å². The second-order valence-corrected chi connectivity index (χ2v) is 8.55. The van der Waals surface area contributed by atoms with Crippen LogP contribution in [0.4, 0.5) is 0 Å². The van der Waals surface area contributed by atoms with Crippen molar-refractivity contribution in [3.05, 3.63) is 33.7 Å². The van der Waals surface area contributed by atoms with Gasteiger partial charge in [-0.25, -0.2) is 0 Å². The molecule has 0 bridgehead atoms. The van der Waals surface area contributed by atoms with Crippen LogP contribution in [0.25, 0.3) is 0 Å². The van der Waals surface area contributed by atoms with E-state index in [1.807, 2.05) is 0 Å². The summed E-state index contributed by atoms with van der Waals surface area (Å²) in [4.78, 5) is 74.4. The number of aliphatic hydroxyl groups is 1. The highest BCUT2D eigenvalue weighted by molar-refractivity contribution is 6.31. The maximum atomic E-state index is 13.3. The van der Waals surface area contributed by atoms with Crippen molar-refractivity contribution >= 4 is 29.0 Å². The molecule has 10 nitrogen and oxygen atoms in total. The number of carbonyl (C=O) groups excluding carboxylic acids is 5. The van der Waals surface area contributed by atoms with E-state index in [0.717, 1.165) is 0 Å². The first-order valence-corrected chi connectivity index (χ1v) is 9.88. The minimum atomic E-state index is -2.67. The van der Waals surface area contributed by atoms with Crippen LogP contribution in [0.3, 0.4) is 0 Å². The highest BCUT2D eigenvalue weighted by Gasteiger charge is 2.66. The topological polar surface area (TPSA) is 181 Å².